The molecule has 172 valence electrons. The van der Waals surface area contributed by atoms with E-state index in [1.54, 1.807) is 41.3 Å². The number of piperidine rings is 1. The van der Waals surface area contributed by atoms with Crippen LogP contribution in [-0.4, -0.2) is 48.4 Å². The smallest absolute Gasteiger partial charge is 0.291 e. The molecule has 1 fully saturated rings. The molecule has 0 spiro atoms. The number of hydrogen-bond donors (Lipinski definition) is 2. The van der Waals surface area contributed by atoms with Gasteiger partial charge in [-0.25, -0.2) is 0 Å². The quantitative estimate of drug-likeness (QED) is 0.490. The lowest BCUT2D eigenvalue weighted by atomic mass is 10.1. The molecule has 0 saturated carbocycles. The fraction of sp³-hybridized carbons (Fsp3) is 0.238. The first-order valence-electron chi connectivity index (χ1n) is 10.2. The van der Waals surface area contributed by atoms with E-state index in [2.05, 4.69) is 20.2 Å². The van der Waals surface area contributed by atoms with E-state index in [9.17, 15) is 18.0 Å². The van der Waals surface area contributed by atoms with Gasteiger partial charge in [0, 0.05) is 13.1 Å². The van der Waals surface area contributed by atoms with Gasteiger partial charge < -0.3 is 4.90 Å². The first-order chi connectivity index (χ1) is 15.8. The average molecular weight is 506 g/mol. The van der Waals surface area contributed by atoms with E-state index in [4.69, 9.17) is 11.6 Å². The second-order valence-corrected chi connectivity index (χ2v) is 10.6. The summed E-state index contributed by atoms with van der Waals surface area (Å²) in [5.41, 5.74) is 0.645. The van der Waals surface area contributed by atoms with E-state index in [1.807, 2.05) is 0 Å². The first kappa shape index (κ1) is 23.1. The Balaban J connectivity index is 1.51. The molecule has 2 amide bonds. The molecule has 0 radical (unpaired) electrons. The number of carbonyl (C=O) groups excluding carboxylic acids is 2. The summed E-state index contributed by atoms with van der Waals surface area (Å²) >= 11 is 6.71. The molecule has 0 aliphatic carbocycles. The minimum absolute atomic E-state index is 0.00188. The van der Waals surface area contributed by atoms with Crippen molar-refractivity contribution in [2.45, 2.75) is 23.6 Å². The number of nitrogens with one attached hydrogen (secondary N) is 2. The molecule has 9 nitrogen and oxygen atoms in total. The fourth-order valence-corrected chi connectivity index (χ4v) is 5.59. The minimum Gasteiger partial charge on any atom is -0.339 e. The summed E-state index contributed by atoms with van der Waals surface area (Å²) in [6, 6.07) is 12.9. The highest BCUT2D eigenvalue weighted by Gasteiger charge is 2.26. The zero-order valence-electron chi connectivity index (χ0n) is 17.3. The lowest BCUT2D eigenvalue weighted by Crippen LogP contribution is -2.36. The number of sulfonamides is 1. The van der Waals surface area contributed by atoms with Crippen LogP contribution in [0.2, 0.25) is 5.02 Å². The summed E-state index contributed by atoms with van der Waals surface area (Å²) in [4.78, 5) is 27.1. The van der Waals surface area contributed by atoms with Gasteiger partial charge in [0.1, 0.15) is 0 Å². The summed E-state index contributed by atoms with van der Waals surface area (Å²) < 4.78 is 27.9. The molecule has 3 aromatic rings. The van der Waals surface area contributed by atoms with Crippen LogP contribution < -0.4 is 10.0 Å². The molecule has 2 heterocycles. The number of carbonyl (C=O) groups is 2. The first-order valence-corrected chi connectivity index (χ1v) is 12.8. The minimum atomic E-state index is -4.14. The summed E-state index contributed by atoms with van der Waals surface area (Å²) in [6.07, 6.45) is 2.92. The van der Waals surface area contributed by atoms with Crippen molar-refractivity contribution in [3.63, 3.8) is 0 Å². The third-order valence-electron chi connectivity index (χ3n) is 5.02. The van der Waals surface area contributed by atoms with Crippen LogP contribution in [0.3, 0.4) is 0 Å². The van der Waals surface area contributed by atoms with Crippen LogP contribution in [0.15, 0.2) is 52.9 Å². The highest BCUT2D eigenvalue weighted by Crippen LogP contribution is 2.26. The number of amides is 2. The Kier molecular flexibility index (Phi) is 6.91. The second kappa shape index (κ2) is 9.86. The van der Waals surface area contributed by atoms with E-state index in [0.29, 0.717) is 24.4 Å². The van der Waals surface area contributed by atoms with Crippen molar-refractivity contribution in [3.8, 4) is 0 Å². The maximum absolute atomic E-state index is 12.9. The van der Waals surface area contributed by atoms with Crippen molar-refractivity contribution in [3.05, 3.63) is 64.7 Å². The number of rotatable bonds is 6. The highest BCUT2D eigenvalue weighted by molar-refractivity contribution is 7.94. The normalized spacial score (nSPS) is 14.0. The Morgan fingerprint density at radius 3 is 2.33 bits per heavy atom. The van der Waals surface area contributed by atoms with Gasteiger partial charge in [-0.15, -0.1) is 10.2 Å². The van der Waals surface area contributed by atoms with Crippen molar-refractivity contribution < 1.29 is 18.0 Å². The van der Waals surface area contributed by atoms with Crippen LogP contribution >= 0.6 is 22.9 Å². The summed E-state index contributed by atoms with van der Waals surface area (Å²) in [5, 5.41) is 10.2. The average Bonchev–Trinajstić information content (AvgIpc) is 3.29. The van der Waals surface area contributed by atoms with E-state index < -0.39 is 15.9 Å². The maximum atomic E-state index is 12.9. The monoisotopic (exact) mass is 505 g/mol. The van der Waals surface area contributed by atoms with Gasteiger partial charge in [-0.05, 0) is 43.5 Å². The largest absolute Gasteiger partial charge is 0.339 e. The van der Waals surface area contributed by atoms with E-state index in [0.717, 1.165) is 19.3 Å². The van der Waals surface area contributed by atoms with Crippen LogP contribution in [0.1, 0.15) is 40.0 Å². The number of para-hydroxylation sites is 1. The van der Waals surface area contributed by atoms with Crippen LogP contribution in [0.4, 0.5) is 10.8 Å². The lowest BCUT2D eigenvalue weighted by molar-refractivity contribution is 0.0725. The zero-order valence-corrected chi connectivity index (χ0v) is 19.7. The van der Waals surface area contributed by atoms with Crippen LogP contribution in [-0.2, 0) is 10.0 Å². The van der Waals surface area contributed by atoms with Crippen molar-refractivity contribution in [1.29, 1.82) is 0 Å². The molecule has 33 heavy (non-hydrogen) atoms. The zero-order chi connectivity index (χ0) is 23.4. The van der Waals surface area contributed by atoms with Crippen molar-refractivity contribution in [2.24, 2.45) is 0 Å². The molecule has 0 unspecified atom stereocenters. The summed E-state index contributed by atoms with van der Waals surface area (Å²) in [6.45, 7) is 1.29. The van der Waals surface area contributed by atoms with Gasteiger partial charge in [-0.1, -0.05) is 47.2 Å². The standard InChI is InChI=1S/C21H20ClN5O4S2/c22-16-10-4-2-8-14(16)18(28)23-20-24-25-21(32-20)33(30,31)26-17-11-5-3-9-15(17)19(29)27-12-6-1-7-13-27/h2-5,8-11,26H,1,6-7,12-13H2,(H,23,24,28). The van der Waals surface area contributed by atoms with Gasteiger partial charge in [0.25, 0.3) is 26.2 Å². The van der Waals surface area contributed by atoms with E-state index in [1.165, 1.54) is 12.1 Å². The lowest BCUT2D eigenvalue weighted by Gasteiger charge is -2.27. The Morgan fingerprint density at radius 1 is 0.939 bits per heavy atom. The van der Waals surface area contributed by atoms with Crippen LogP contribution in [0, 0.1) is 0 Å². The molecule has 0 bridgehead atoms. The van der Waals surface area contributed by atoms with E-state index in [-0.39, 0.29) is 37.2 Å². The molecule has 4 rings (SSSR count). The number of halogens is 1. The second-order valence-electron chi connectivity index (χ2n) is 7.31. The molecule has 1 aliphatic rings. The third kappa shape index (κ3) is 5.32. The van der Waals surface area contributed by atoms with Gasteiger partial charge in [0.05, 0.1) is 21.8 Å². The number of hydrogen-bond acceptors (Lipinski definition) is 7. The topological polar surface area (TPSA) is 121 Å². The predicted octanol–water partition coefficient (Wildman–Crippen LogP) is 3.87. The number of aromatic nitrogens is 2. The summed E-state index contributed by atoms with van der Waals surface area (Å²) in [7, 11) is -4.14. The molecule has 1 saturated heterocycles. The Morgan fingerprint density at radius 2 is 1.61 bits per heavy atom. The summed E-state index contributed by atoms with van der Waals surface area (Å²) in [5.74, 6) is -0.760. The van der Waals surface area contributed by atoms with Gasteiger partial charge in [0.15, 0.2) is 0 Å². The SMILES string of the molecule is O=C(Nc1nnc(S(=O)(=O)Nc2ccccc2C(=O)N2CCCCC2)s1)c1ccccc1Cl. The predicted molar refractivity (Wildman–Crippen MR) is 126 cm³/mol. The number of nitrogens with zero attached hydrogens (tertiary/aromatic N) is 3. The Bertz CT molecular complexity index is 1290. The number of anilines is 2. The van der Waals surface area contributed by atoms with Gasteiger partial charge in [-0.2, -0.15) is 8.42 Å². The molecule has 1 aliphatic heterocycles. The van der Waals surface area contributed by atoms with Gasteiger partial charge >= 0.3 is 0 Å². The molecule has 1 aromatic heterocycles. The Labute approximate surface area is 199 Å². The number of likely N-dealkylation sites (tertiary alicyclic amines) is 1. The van der Waals surface area contributed by atoms with E-state index >= 15 is 0 Å². The molecule has 12 heteroatoms. The highest BCUT2D eigenvalue weighted by atomic mass is 35.5. The third-order valence-corrected chi connectivity index (χ3v) is 7.92. The molecule has 2 aromatic carbocycles. The molecular weight excluding hydrogens is 486 g/mol. The number of benzene rings is 2. The van der Waals surface area contributed by atoms with Crippen molar-refractivity contribution in [1.82, 2.24) is 15.1 Å². The molecule has 2 N–H and O–H groups in total. The van der Waals surface area contributed by atoms with Gasteiger partial charge in [-0.3, -0.25) is 19.6 Å². The van der Waals surface area contributed by atoms with Crippen molar-refractivity contribution >= 4 is 55.6 Å². The molecule has 0 atom stereocenters. The molecular formula is C21H20ClN5O4S2. The fourth-order valence-electron chi connectivity index (χ4n) is 3.39. The van der Waals surface area contributed by atoms with Crippen molar-refractivity contribution in [2.75, 3.05) is 23.1 Å². The Hall–Kier alpha value is -3.02. The van der Waals surface area contributed by atoms with Gasteiger partial charge in [0.2, 0.25) is 5.13 Å². The van der Waals surface area contributed by atoms with Crippen LogP contribution in [0.5, 0.6) is 0 Å². The maximum Gasteiger partial charge on any atom is 0.291 e. The van der Waals surface area contributed by atoms with Crippen LogP contribution in [0.25, 0.3) is 0 Å².